The van der Waals surface area contributed by atoms with Gasteiger partial charge in [-0.2, -0.15) is 0 Å². The molecule has 1 N–H and O–H groups in total. The molecule has 0 saturated carbocycles. The molecule has 1 fully saturated rings. The fraction of sp³-hybridized carbons (Fsp3) is 0.290. The lowest BCUT2D eigenvalue weighted by atomic mass is 9.98. The normalized spacial score (nSPS) is 14.5. The third-order valence-corrected chi connectivity index (χ3v) is 8.26. The van der Waals surface area contributed by atoms with Crippen LogP contribution in [0.3, 0.4) is 0 Å². The fourth-order valence-corrected chi connectivity index (χ4v) is 6.02. The summed E-state index contributed by atoms with van der Waals surface area (Å²) in [6, 6.07) is 21.9. The summed E-state index contributed by atoms with van der Waals surface area (Å²) in [5, 5.41) is 11.7. The van der Waals surface area contributed by atoms with E-state index in [1.165, 1.54) is 25.5 Å². The molecule has 1 aliphatic rings. The highest BCUT2D eigenvalue weighted by molar-refractivity contribution is 7.90. The van der Waals surface area contributed by atoms with Crippen LogP contribution in [0.15, 0.2) is 77.7 Å². The lowest BCUT2D eigenvalue weighted by molar-refractivity contribution is 0.183. The third kappa shape index (κ3) is 5.95. The summed E-state index contributed by atoms with van der Waals surface area (Å²) in [7, 11) is -3.32. The summed E-state index contributed by atoms with van der Waals surface area (Å²) < 4.78 is 36.7. The summed E-state index contributed by atoms with van der Waals surface area (Å²) in [6.07, 6.45) is 5.07. The number of nitrogens with zero attached hydrogens (tertiary/aromatic N) is 1. The van der Waals surface area contributed by atoms with Crippen LogP contribution in [0.2, 0.25) is 0 Å². The van der Waals surface area contributed by atoms with Crippen molar-refractivity contribution < 1.29 is 23.0 Å². The van der Waals surface area contributed by atoms with E-state index in [4.69, 9.17) is 9.47 Å². The molecule has 0 aliphatic carbocycles. The number of aromatic hydroxyl groups is 1. The summed E-state index contributed by atoms with van der Waals surface area (Å²) >= 11 is 0. The van der Waals surface area contributed by atoms with E-state index < -0.39 is 9.84 Å². The molecule has 38 heavy (non-hydrogen) atoms. The van der Waals surface area contributed by atoms with Gasteiger partial charge in [0.15, 0.2) is 9.84 Å². The highest BCUT2D eigenvalue weighted by Crippen LogP contribution is 2.41. The number of fused-ring (bicyclic) bond motifs is 1. The van der Waals surface area contributed by atoms with Gasteiger partial charge in [-0.1, -0.05) is 24.6 Å². The first-order valence-corrected chi connectivity index (χ1v) is 14.9. The number of piperidine rings is 1. The largest absolute Gasteiger partial charge is 0.508 e. The molecule has 0 bridgehead atoms. The second kappa shape index (κ2) is 11.1. The Morgan fingerprint density at radius 1 is 0.868 bits per heavy atom. The topological polar surface area (TPSA) is 76.1 Å². The van der Waals surface area contributed by atoms with Gasteiger partial charge in [0.1, 0.15) is 29.6 Å². The molecule has 198 valence electrons. The fourth-order valence-electron chi connectivity index (χ4n) is 5.06. The second-order valence-corrected chi connectivity index (χ2v) is 11.9. The molecule has 1 saturated heterocycles. The smallest absolute Gasteiger partial charge is 0.175 e. The Balaban J connectivity index is 1.42. The van der Waals surface area contributed by atoms with Gasteiger partial charge < -0.3 is 14.6 Å². The summed E-state index contributed by atoms with van der Waals surface area (Å²) in [5.41, 5.74) is 2.35. The molecule has 0 aromatic heterocycles. The number of hydrogen-bond donors (Lipinski definition) is 1. The standard InChI is InChI=1S/C31H33NO5S/c1-22-20-23(7-15-30(22)38(2,34)35)28-13-6-24-21-25(33)8-14-29(24)31(28)37-27-11-9-26(10-12-27)36-19-18-32-16-4-3-5-17-32/h6-15,20-21,33H,3-5,16-19H2,1-2H3. The Hall–Kier alpha value is -3.55. The molecule has 0 radical (unpaired) electrons. The number of hydrogen-bond acceptors (Lipinski definition) is 6. The van der Waals surface area contributed by atoms with Crippen molar-refractivity contribution >= 4 is 20.6 Å². The van der Waals surface area contributed by atoms with Gasteiger partial charge in [0.25, 0.3) is 0 Å². The molecule has 0 spiro atoms. The second-order valence-electron chi connectivity index (χ2n) is 9.92. The van der Waals surface area contributed by atoms with E-state index >= 15 is 0 Å². The number of benzene rings is 4. The van der Waals surface area contributed by atoms with Crippen LogP contribution in [-0.4, -0.2) is 50.9 Å². The van der Waals surface area contributed by atoms with Crippen molar-refractivity contribution in [3.05, 3.63) is 78.4 Å². The van der Waals surface area contributed by atoms with Gasteiger partial charge in [-0.3, -0.25) is 4.90 Å². The molecule has 1 aliphatic heterocycles. The van der Waals surface area contributed by atoms with Crippen molar-refractivity contribution in [2.45, 2.75) is 31.1 Å². The van der Waals surface area contributed by atoms with Gasteiger partial charge >= 0.3 is 0 Å². The monoisotopic (exact) mass is 531 g/mol. The molecule has 4 aromatic carbocycles. The van der Waals surface area contributed by atoms with Gasteiger partial charge in [0.2, 0.25) is 0 Å². The number of likely N-dealkylation sites (tertiary alicyclic amines) is 1. The summed E-state index contributed by atoms with van der Waals surface area (Å²) in [5.74, 6) is 2.26. The van der Waals surface area contributed by atoms with Crippen molar-refractivity contribution in [2.75, 3.05) is 32.5 Å². The first-order valence-electron chi connectivity index (χ1n) is 13.0. The van der Waals surface area contributed by atoms with Crippen LogP contribution in [0.1, 0.15) is 24.8 Å². The van der Waals surface area contributed by atoms with Crippen LogP contribution in [-0.2, 0) is 9.84 Å². The zero-order valence-corrected chi connectivity index (χ0v) is 22.6. The van der Waals surface area contributed by atoms with E-state index in [9.17, 15) is 13.5 Å². The van der Waals surface area contributed by atoms with E-state index in [1.807, 2.05) is 48.5 Å². The summed E-state index contributed by atoms with van der Waals surface area (Å²) in [6.45, 7) is 5.68. The van der Waals surface area contributed by atoms with E-state index in [-0.39, 0.29) is 5.75 Å². The number of ether oxygens (including phenoxy) is 2. The molecule has 6 nitrogen and oxygen atoms in total. The Kier molecular flexibility index (Phi) is 7.58. The quantitative estimate of drug-likeness (QED) is 0.277. The van der Waals surface area contributed by atoms with Crippen LogP contribution in [0.4, 0.5) is 0 Å². The molecule has 0 atom stereocenters. The average Bonchev–Trinajstić information content (AvgIpc) is 2.89. The number of phenolic OH excluding ortho intramolecular Hbond substituents is 1. The van der Waals surface area contributed by atoms with Crippen molar-refractivity contribution in [1.82, 2.24) is 4.90 Å². The maximum absolute atomic E-state index is 12.1. The van der Waals surface area contributed by atoms with Crippen LogP contribution < -0.4 is 9.47 Å². The Labute approximate surface area is 224 Å². The molecule has 0 unspecified atom stereocenters. The predicted octanol–water partition coefficient (Wildman–Crippen LogP) is 6.58. The Bertz CT molecular complexity index is 1540. The Morgan fingerprint density at radius 2 is 1.61 bits per heavy atom. The molecule has 5 rings (SSSR count). The molecule has 0 amide bonds. The molecule has 1 heterocycles. The highest BCUT2D eigenvalue weighted by atomic mass is 32.2. The molecular formula is C31H33NO5S. The first kappa shape index (κ1) is 26.1. The minimum Gasteiger partial charge on any atom is -0.508 e. The van der Waals surface area contributed by atoms with Gasteiger partial charge in [-0.15, -0.1) is 0 Å². The molecule has 4 aromatic rings. The van der Waals surface area contributed by atoms with E-state index in [0.29, 0.717) is 28.6 Å². The van der Waals surface area contributed by atoms with E-state index in [0.717, 1.165) is 47.3 Å². The van der Waals surface area contributed by atoms with Crippen molar-refractivity contribution in [2.24, 2.45) is 0 Å². The number of aryl methyl sites for hydroxylation is 1. The number of sulfone groups is 1. The molecule has 7 heteroatoms. The minimum absolute atomic E-state index is 0.176. The number of rotatable bonds is 8. The van der Waals surface area contributed by atoms with Gasteiger partial charge in [-0.25, -0.2) is 8.42 Å². The van der Waals surface area contributed by atoms with Crippen molar-refractivity contribution in [3.63, 3.8) is 0 Å². The van der Waals surface area contributed by atoms with Crippen LogP contribution >= 0.6 is 0 Å². The lowest BCUT2D eigenvalue weighted by Crippen LogP contribution is -2.33. The Morgan fingerprint density at radius 3 is 2.32 bits per heavy atom. The third-order valence-electron chi connectivity index (χ3n) is 7.01. The van der Waals surface area contributed by atoms with Crippen LogP contribution in [0.25, 0.3) is 21.9 Å². The lowest BCUT2D eigenvalue weighted by Gasteiger charge is -2.26. The zero-order valence-electron chi connectivity index (χ0n) is 21.8. The first-order chi connectivity index (χ1) is 18.3. The van der Waals surface area contributed by atoms with E-state index in [1.54, 1.807) is 31.2 Å². The minimum atomic E-state index is -3.32. The average molecular weight is 532 g/mol. The number of phenols is 1. The summed E-state index contributed by atoms with van der Waals surface area (Å²) in [4.78, 5) is 2.76. The zero-order chi connectivity index (χ0) is 26.7. The van der Waals surface area contributed by atoms with Gasteiger partial charge in [0, 0.05) is 23.8 Å². The van der Waals surface area contributed by atoms with Gasteiger partial charge in [0.05, 0.1) is 4.90 Å². The van der Waals surface area contributed by atoms with Crippen molar-refractivity contribution in [1.29, 1.82) is 0 Å². The van der Waals surface area contributed by atoms with Crippen molar-refractivity contribution in [3.8, 4) is 34.1 Å². The maximum Gasteiger partial charge on any atom is 0.175 e. The van der Waals surface area contributed by atoms with Gasteiger partial charge in [-0.05, 0) is 104 Å². The maximum atomic E-state index is 12.1. The van der Waals surface area contributed by atoms with Crippen LogP contribution in [0.5, 0.6) is 23.0 Å². The predicted molar refractivity (Wildman–Crippen MR) is 151 cm³/mol. The molecular weight excluding hydrogens is 498 g/mol. The van der Waals surface area contributed by atoms with E-state index in [2.05, 4.69) is 4.90 Å². The highest BCUT2D eigenvalue weighted by Gasteiger charge is 2.17. The van der Waals surface area contributed by atoms with Crippen LogP contribution in [0, 0.1) is 6.92 Å². The SMILES string of the molecule is Cc1cc(-c2ccc3cc(O)ccc3c2Oc2ccc(OCCN3CCCCC3)cc2)ccc1S(C)(=O)=O.